The summed E-state index contributed by atoms with van der Waals surface area (Å²) in [7, 11) is 1.61. The van der Waals surface area contributed by atoms with Crippen LogP contribution in [0.1, 0.15) is 13.8 Å². The van der Waals surface area contributed by atoms with Crippen molar-refractivity contribution in [3.63, 3.8) is 0 Å². The van der Waals surface area contributed by atoms with Gasteiger partial charge in [0.2, 0.25) is 0 Å². The van der Waals surface area contributed by atoms with E-state index >= 15 is 0 Å². The van der Waals surface area contributed by atoms with Crippen molar-refractivity contribution < 1.29 is 14.3 Å². The third kappa shape index (κ3) is 3.92. The number of benzene rings is 1. The van der Waals surface area contributed by atoms with Gasteiger partial charge in [0, 0.05) is 5.56 Å². The molecule has 5 nitrogen and oxygen atoms in total. The van der Waals surface area contributed by atoms with Crippen LogP contribution in [0.25, 0.3) is 11.3 Å². The molecule has 1 heterocycles. The standard InChI is InChI=1S/C16H16N2O3S/c1-10(19)16(11(2)20)22-15-8-7-14(17-18-15)12-5-4-6-13(9-12)21-3/h4-9,16H,1-3H3. The van der Waals surface area contributed by atoms with E-state index in [0.717, 1.165) is 23.1 Å². The summed E-state index contributed by atoms with van der Waals surface area (Å²) >= 11 is 1.12. The molecule has 1 aromatic heterocycles. The molecule has 0 N–H and O–H groups in total. The van der Waals surface area contributed by atoms with Gasteiger partial charge in [0.05, 0.1) is 12.8 Å². The molecule has 0 bridgehead atoms. The molecule has 0 aliphatic heterocycles. The van der Waals surface area contributed by atoms with Crippen molar-refractivity contribution in [3.8, 4) is 17.0 Å². The van der Waals surface area contributed by atoms with Gasteiger partial charge in [-0.3, -0.25) is 9.59 Å². The first-order valence-electron chi connectivity index (χ1n) is 6.67. The van der Waals surface area contributed by atoms with Crippen LogP contribution in [-0.4, -0.2) is 34.1 Å². The van der Waals surface area contributed by atoms with Crippen molar-refractivity contribution in [2.45, 2.75) is 24.1 Å². The number of hydrogen-bond acceptors (Lipinski definition) is 6. The summed E-state index contributed by atoms with van der Waals surface area (Å²) < 4.78 is 5.18. The van der Waals surface area contributed by atoms with E-state index in [1.165, 1.54) is 13.8 Å². The Kier molecular flexibility index (Phi) is 5.27. The highest BCUT2D eigenvalue weighted by atomic mass is 32.2. The minimum Gasteiger partial charge on any atom is -0.497 e. The first kappa shape index (κ1) is 16.2. The number of rotatable bonds is 6. The number of ketones is 2. The zero-order valence-corrected chi connectivity index (χ0v) is 13.4. The Morgan fingerprint density at radius 3 is 2.36 bits per heavy atom. The second kappa shape index (κ2) is 7.17. The maximum atomic E-state index is 11.4. The number of thioether (sulfide) groups is 1. The van der Waals surface area contributed by atoms with Crippen LogP contribution in [0.2, 0.25) is 0 Å². The predicted octanol–water partition coefficient (Wildman–Crippen LogP) is 2.79. The number of Topliss-reactive ketones (excluding diaryl/α,β-unsaturated/α-hetero) is 2. The van der Waals surface area contributed by atoms with Crippen LogP contribution < -0.4 is 4.74 Å². The molecule has 1 aromatic carbocycles. The van der Waals surface area contributed by atoms with Crippen LogP contribution in [0.5, 0.6) is 5.75 Å². The lowest BCUT2D eigenvalue weighted by Gasteiger charge is -2.09. The monoisotopic (exact) mass is 316 g/mol. The molecule has 0 saturated heterocycles. The molecule has 6 heteroatoms. The van der Waals surface area contributed by atoms with Gasteiger partial charge in [-0.15, -0.1) is 10.2 Å². The van der Waals surface area contributed by atoms with Gasteiger partial charge < -0.3 is 4.74 Å². The van der Waals surface area contributed by atoms with Crippen LogP contribution in [-0.2, 0) is 9.59 Å². The van der Waals surface area contributed by atoms with Gasteiger partial charge >= 0.3 is 0 Å². The fourth-order valence-electron chi connectivity index (χ4n) is 1.89. The minimum atomic E-state index is -0.725. The fraction of sp³-hybridized carbons (Fsp3) is 0.250. The smallest absolute Gasteiger partial charge is 0.150 e. The Morgan fingerprint density at radius 1 is 1.09 bits per heavy atom. The van der Waals surface area contributed by atoms with Gasteiger partial charge in [-0.25, -0.2) is 0 Å². The molecule has 0 spiro atoms. The molecular formula is C16H16N2O3S. The lowest BCUT2D eigenvalue weighted by molar-refractivity contribution is -0.123. The van der Waals surface area contributed by atoms with Crippen molar-refractivity contribution in [2.24, 2.45) is 0 Å². The maximum absolute atomic E-state index is 11.4. The number of carbonyl (C=O) groups excluding carboxylic acids is 2. The fourth-order valence-corrected chi connectivity index (χ4v) is 2.70. The van der Waals surface area contributed by atoms with Gasteiger partial charge in [0.1, 0.15) is 16.0 Å². The second-order valence-corrected chi connectivity index (χ2v) is 5.83. The molecule has 0 fully saturated rings. The van der Waals surface area contributed by atoms with E-state index in [1.54, 1.807) is 19.2 Å². The van der Waals surface area contributed by atoms with E-state index in [4.69, 9.17) is 4.74 Å². The van der Waals surface area contributed by atoms with E-state index < -0.39 is 5.25 Å². The zero-order valence-electron chi connectivity index (χ0n) is 12.6. The van der Waals surface area contributed by atoms with E-state index in [1.807, 2.05) is 24.3 Å². The van der Waals surface area contributed by atoms with Crippen LogP contribution in [0, 0.1) is 0 Å². The summed E-state index contributed by atoms with van der Waals surface area (Å²) in [4.78, 5) is 22.9. The maximum Gasteiger partial charge on any atom is 0.150 e. The number of ether oxygens (including phenoxy) is 1. The number of aromatic nitrogens is 2. The normalized spacial score (nSPS) is 10.5. The highest BCUT2D eigenvalue weighted by molar-refractivity contribution is 8.01. The van der Waals surface area contributed by atoms with Crippen LogP contribution >= 0.6 is 11.8 Å². The quantitative estimate of drug-likeness (QED) is 0.603. The lowest BCUT2D eigenvalue weighted by atomic mass is 10.1. The van der Waals surface area contributed by atoms with Gasteiger partial charge in [0.25, 0.3) is 0 Å². The molecule has 0 aliphatic rings. The largest absolute Gasteiger partial charge is 0.497 e. The molecule has 0 atom stereocenters. The third-order valence-electron chi connectivity index (χ3n) is 2.98. The van der Waals surface area contributed by atoms with Crippen molar-refractivity contribution in [1.29, 1.82) is 0 Å². The predicted molar refractivity (Wildman–Crippen MR) is 85.0 cm³/mol. The summed E-state index contributed by atoms with van der Waals surface area (Å²) in [5.41, 5.74) is 1.59. The number of nitrogens with zero attached hydrogens (tertiary/aromatic N) is 2. The average molecular weight is 316 g/mol. The Balaban J connectivity index is 2.19. The summed E-state index contributed by atoms with van der Waals surface area (Å²) in [5.74, 6) is 0.373. The van der Waals surface area contributed by atoms with Crippen molar-refractivity contribution in [2.75, 3.05) is 7.11 Å². The van der Waals surface area contributed by atoms with Gasteiger partial charge in [-0.05, 0) is 38.1 Å². The Hall–Kier alpha value is -2.21. The highest BCUT2D eigenvalue weighted by Crippen LogP contribution is 2.25. The summed E-state index contributed by atoms with van der Waals surface area (Å²) in [6.45, 7) is 2.80. The minimum absolute atomic E-state index is 0.184. The van der Waals surface area contributed by atoms with Gasteiger partial charge in [-0.2, -0.15) is 0 Å². The van der Waals surface area contributed by atoms with Gasteiger partial charge in [-0.1, -0.05) is 23.9 Å². The second-order valence-electron chi connectivity index (χ2n) is 4.71. The Morgan fingerprint density at radius 2 is 1.82 bits per heavy atom. The van der Waals surface area contributed by atoms with Crippen molar-refractivity contribution in [1.82, 2.24) is 10.2 Å². The third-order valence-corrected chi connectivity index (χ3v) is 4.34. The van der Waals surface area contributed by atoms with E-state index in [0.29, 0.717) is 10.7 Å². The molecule has 0 saturated carbocycles. The highest BCUT2D eigenvalue weighted by Gasteiger charge is 2.21. The first-order valence-corrected chi connectivity index (χ1v) is 7.55. The summed E-state index contributed by atoms with van der Waals surface area (Å²) in [6.07, 6.45) is 0. The molecule has 2 aromatic rings. The number of carbonyl (C=O) groups is 2. The SMILES string of the molecule is COc1cccc(-c2ccc(SC(C(C)=O)C(C)=O)nn2)c1. The molecule has 22 heavy (non-hydrogen) atoms. The van der Waals surface area contributed by atoms with E-state index in [-0.39, 0.29) is 11.6 Å². The Bertz CT molecular complexity index is 672. The molecule has 0 aliphatic carbocycles. The first-order chi connectivity index (χ1) is 10.5. The number of hydrogen-bond donors (Lipinski definition) is 0. The van der Waals surface area contributed by atoms with Gasteiger partial charge in [0.15, 0.2) is 11.6 Å². The number of methoxy groups -OCH3 is 1. The van der Waals surface area contributed by atoms with Crippen LogP contribution in [0.15, 0.2) is 41.4 Å². The topological polar surface area (TPSA) is 69.2 Å². The Labute approximate surface area is 133 Å². The van der Waals surface area contributed by atoms with Crippen molar-refractivity contribution >= 4 is 23.3 Å². The average Bonchev–Trinajstić information content (AvgIpc) is 2.52. The molecule has 114 valence electrons. The van der Waals surface area contributed by atoms with E-state index in [2.05, 4.69) is 10.2 Å². The molecule has 2 rings (SSSR count). The molecule has 0 unspecified atom stereocenters. The summed E-state index contributed by atoms with van der Waals surface area (Å²) in [6, 6.07) is 11.1. The molecular weight excluding hydrogens is 300 g/mol. The summed E-state index contributed by atoms with van der Waals surface area (Å²) in [5, 5.41) is 8.05. The van der Waals surface area contributed by atoms with E-state index in [9.17, 15) is 9.59 Å². The molecule has 0 amide bonds. The van der Waals surface area contributed by atoms with Crippen molar-refractivity contribution in [3.05, 3.63) is 36.4 Å². The van der Waals surface area contributed by atoms with Crippen LogP contribution in [0.4, 0.5) is 0 Å². The lowest BCUT2D eigenvalue weighted by Crippen LogP contribution is -2.22. The van der Waals surface area contributed by atoms with Crippen LogP contribution in [0.3, 0.4) is 0 Å². The zero-order chi connectivity index (χ0) is 16.1. The molecule has 0 radical (unpaired) electrons.